The number of pyridine rings is 1. The summed E-state index contributed by atoms with van der Waals surface area (Å²) in [5.41, 5.74) is 1.46. The molecule has 10 heteroatoms. The Bertz CT molecular complexity index is 1410. The summed E-state index contributed by atoms with van der Waals surface area (Å²) in [4.78, 5) is 31.5. The second-order valence-electron chi connectivity index (χ2n) is 8.88. The molecule has 2 N–H and O–H groups in total. The summed E-state index contributed by atoms with van der Waals surface area (Å²) in [6.45, 7) is 6.22. The van der Waals surface area contributed by atoms with Crippen molar-refractivity contribution in [1.82, 2.24) is 25.4 Å². The van der Waals surface area contributed by atoms with Crippen LogP contribution in [-0.4, -0.2) is 46.2 Å². The van der Waals surface area contributed by atoms with E-state index in [9.17, 15) is 19.2 Å². The predicted molar refractivity (Wildman–Crippen MR) is 131 cm³/mol. The maximum Gasteiger partial charge on any atom is 0.255 e. The van der Waals surface area contributed by atoms with Gasteiger partial charge in [0.25, 0.3) is 5.91 Å². The van der Waals surface area contributed by atoms with Crippen LogP contribution in [0.15, 0.2) is 36.5 Å². The highest BCUT2D eigenvalue weighted by Crippen LogP contribution is 2.39. The number of carbonyl (C=O) groups excluding carboxylic acids is 2. The Hall–Kier alpha value is -4.26. The number of nitrogens with one attached hydrogen (secondary N) is 2. The van der Waals surface area contributed by atoms with E-state index < -0.39 is 5.82 Å². The first-order valence-corrected chi connectivity index (χ1v) is 12.1. The number of fused-ring (bicyclic) bond motifs is 1. The first-order valence-electron chi connectivity index (χ1n) is 12.1. The van der Waals surface area contributed by atoms with E-state index >= 15 is 0 Å². The quantitative estimate of drug-likeness (QED) is 0.587. The number of anilines is 1. The molecule has 1 unspecified atom stereocenters. The van der Waals surface area contributed by atoms with Crippen LogP contribution < -0.4 is 15.5 Å². The lowest BCUT2D eigenvalue weighted by atomic mass is 9.86. The Labute approximate surface area is 207 Å². The van der Waals surface area contributed by atoms with Crippen LogP contribution in [0.25, 0.3) is 16.9 Å². The Kier molecular flexibility index (Phi) is 5.92. The first-order chi connectivity index (χ1) is 17.5. The van der Waals surface area contributed by atoms with E-state index in [0.29, 0.717) is 42.4 Å². The molecule has 2 aromatic heterocycles. The van der Waals surface area contributed by atoms with Crippen LogP contribution >= 0.6 is 0 Å². The van der Waals surface area contributed by atoms with E-state index in [0.717, 1.165) is 12.8 Å². The third kappa shape index (κ3) is 3.68. The molecule has 2 fully saturated rings. The van der Waals surface area contributed by atoms with Gasteiger partial charge in [-0.25, -0.2) is 14.1 Å². The van der Waals surface area contributed by atoms with Crippen LogP contribution in [0.2, 0.25) is 0 Å². The van der Waals surface area contributed by atoms with Gasteiger partial charge in [0.15, 0.2) is 5.82 Å². The first kappa shape index (κ1) is 23.5. The number of rotatable bonds is 3. The SMILES string of the molecule is CC.N#Cc1cccc(F)c1-c1cc(-n2ccc(N3CCC4(CCNC4=O)C3)n2)c2c(n1)CNC2=O. The molecule has 0 radical (unpaired) electrons. The van der Waals surface area contributed by atoms with E-state index in [1.54, 1.807) is 16.9 Å². The largest absolute Gasteiger partial charge is 0.356 e. The maximum absolute atomic E-state index is 14.7. The average Bonchev–Trinajstić information content (AvgIpc) is 3.69. The normalized spacial score (nSPS) is 20.0. The molecule has 2 saturated heterocycles. The van der Waals surface area contributed by atoms with Crippen LogP contribution in [0.3, 0.4) is 0 Å². The molecule has 0 aliphatic carbocycles. The topological polar surface area (TPSA) is 116 Å². The molecule has 184 valence electrons. The highest BCUT2D eigenvalue weighted by atomic mass is 19.1. The van der Waals surface area contributed by atoms with Gasteiger partial charge in [0.1, 0.15) is 5.82 Å². The number of nitriles is 1. The van der Waals surface area contributed by atoms with Crippen LogP contribution in [-0.2, 0) is 11.3 Å². The summed E-state index contributed by atoms with van der Waals surface area (Å²) in [5.74, 6) is -0.0439. The lowest BCUT2D eigenvalue weighted by Gasteiger charge is -2.20. The van der Waals surface area contributed by atoms with Crippen molar-refractivity contribution in [3.63, 3.8) is 0 Å². The highest BCUT2D eigenvalue weighted by molar-refractivity contribution is 6.01. The number of nitrogens with zero attached hydrogens (tertiary/aromatic N) is 5. The second-order valence-corrected chi connectivity index (χ2v) is 8.88. The van der Waals surface area contributed by atoms with E-state index in [2.05, 4.69) is 20.5 Å². The number of amides is 2. The molecule has 0 saturated carbocycles. The summed E-state index contributed by atoms with van der Waals surface area (Å²) in [5, 5.41) is 19.9. The summed E-state index contributed by atoms with van der Waals surface area (Å²) in [7, 11) is 0. The summed E-state index contributed by atoms with van der Waals surface area (Å²) >= 11 is 0. The Morgan fingerprint density at radius 1 is 1.14 bits per heavy atom. The van der Waals surface area contributed by atoms with Gasteiger partial charge in [-0.2, -0.15) is 10.4 Å². The fourth-order valence-electron chi connectivity index (χ4n) is 5.19. The third-order valence-corrected chi connectivity index (χ3v) is 6.98. The Balaban J connectivity index is 0.00000130. The van der Waals surface area contributed by atoms with Crippen LogP contribution in [0.4, 0.5) is 10.2 Å². The number of hydrogen-bond donors (Lipinski definition) is 2. The van der Waals surface area contributed by atoms with Crippen molar-refractivity contribution in [3.8, 4) is 23.0 Å². The van der Waals surface area contributed by atoms with E-state index in [4.69, 9.17) is 5.10 Å². The summed E-state index contributed by atoms with van der Waals surface area (Å²) in [6.07, 6.45) is 3.33. The van der Waals surface area contributed by atoms with Gasteiger partial charge in [0, 0.05) is 31.9 Å². The molecule has 1 atom stereocenters. The zero-order valence-corrected chi connectivity index (χ0v) is 20.1. The lowest BCUT2D eigenvalue weighted by Crippen LogP contribution is -2.34. The van der Waals surface area contributed by atoms with Gasteiger partial charge < -0.3 is 15.5 Å². The third-order valence-electron chi connectivity index (χ3n) is 6.98. The fourth-order valence-corrected chi connectivity index (χ4v) is 5.19. The summed E-state index contributed by atoms with van der Waals surface area (Å²) < 4.78 is 16.3. The van der Waals surface area contributed by atoms with Gasteiger partial charge >= 0.3 is 0 Å². The van der Waals surface area contributed by atoms with Crippen molar-refractivity contribution in [3.05, 3.63) is 59.2 Å². The van der Waals surface area contributed by atoms with E-state index in [1.807, 2.05) is 26.0 Å². The van der Waals surface area contributed by atoms with E-state index in [1.165, 1.54) is 18.2 Å². The van der Waals surface area contributed by atoms with Crippen LogP contribution in [0, 0.1) is 22.6 Å². The van der Waals surface area contributed by atoms with E-state index in [-0.39, 0.29) is 40.6 Å². The zero-order valence-electron chi connectivity index (χ0n) is 20.1. The monoisotopic (exact) mass is 487 g/mol. The predicted octanol–water partition coefficient (Wildman–Crippen LogP) is 2.93. The molecule has 0 bridgehead atoms. The number of aromatic nitrogens is 3. The minimum absolute atomic E-state index is 0.0921. The van der Waals surface area contributed by atoms with Gasteiger partial charge in [-0.1, -0.05) is 19.9 Å². The molecule has 5 heterocycles. The minimum Gasteiger partial charge on any atom is -0.356 e. The number of halogens is 1. The molecule has 3 aliphatic heterocycles. The van der Waals surface area contributed by atoms with Crippen molar-refractivity contribution in [1.29, 1.82) is 5.26 Å². The minimum atomic E-state index is -0.562. The smallest absolute Gasteiger partial charge is 0.255 e. The highest BCUT2D eigenvalue weighted by Gasteiger charge is 2.47. The molecule has 2 amide bonds. The van der Waals surface area contributed by atoms with Gasteiger partial charge in [0.05, 0.1) is 51.8 Å². The second kappa shape index (κ2) is 9.07. The van der Waals surface area contributed by atoms with Gasteiger partial charge in [0.2, 0.25) is 5.91 Å². The molecule has 1 spiro atoms. The average molecular weight is 488 g/mol. The lowest BCUT2D eigenvalue weighted by molar-refractivity contribution is -0.126. The fraction of sp³-hybridized carbons (Fsp3) is 0.346. The number of carbonyl (C=O) groups is 2. The van der Waals surface area contributed by atoms with Gasteiger partial charge in [-0.3, -0.25) is 9.59 Å². The van der Waals surface area contributed by atoms with Gasteiger partial charge in [-0.15, -0.1) is 0 Å². The number of hydrogen-bond acceptors (Lipinski definition) is 6. The molecule has 3 aliphatic rings. The van der Waals surface area contributed by atoms with Crippen molar-refractivity contribution >= 4 is 17.6 Å². The summed E-state index contributed by atoms with van der Waals surface area (Å²) in [6, 6.07) is 9.74. The van der Waals surface area contributed by atoms with Gasteiger partial charge in [-0.05, 0) is 31.0 Å². The molecule has 1 aromatic carbocycles. The van der Waals surface area contributed by atoms with Crippen molar-refractivity contribution in [2.75, 3.05) is 24.5 Å². The molecule has 3 aromatic rings. The van der Waals surface area contributed by atoms with Crippen molar-refractivity contribution < 1.29 is 14.0 Å². The van der Waals surface area contributed by atoms with Crippen molar-refractivity contribution in [2.45, 2.75) is 33.2 Å². The molecular weight excluding hydrogens is 461 g/mol. The molecular formula is C26H26FN7O2. The molecule has 9 nitrogen and oxygen atoms in total. The maximum atomic E-state index is 14.7. The molecule has 36 heavy (non-hydrogen) atoms. The molecule has 6 rings (SSSR count). The standard InChI is InChI=1S/C24H20FN7O2.C2H6/c25-15-3-1-2-14(11-26)20(15)16-10-18(21-17(29-16)12-28-22(21)33)32-8-4-19(30-32)31-9-6-24(13-31)5-7-27-23(24)34;1-2/h1-4,8,10H,5-7,9,12-13H2,(H,27,34)(H,28,33);1-2H3. The Morgan fingerprint density at radius 2 is 1.97 bits per heavy atom. The van der Waals surface area contributed by atoms with Crippen LogP contribution in [0.1, 0.15) is 48.3 Å². The van der Waals surface area contributed by atoms with Crippen LogP contribution in [0.5, 0.6) is 0 Å². The zero-order chi connectivity index (χ0) is 25.4. The Morgan fingerprint density at radius 3 is 2.72 bits per heavy atom. The van der Waals surface area contributed by atoms with Crippen molar-refractivity contribution in [2.24, 2.45) is 5.41 Å². The number of benzene rings is 1.